The highest BCUT2D eigenvalue weighted by Crippen LogP contribution is 2.30. The molecule has 0 heterocycles. The van der Waals surface area contributed by atoms with E-state index in [1.165, 1.54) is 0 Å². The Hall–Kier alpha value is -2.93. The van der Waals surface area contributed by atoms with E-state index in [0.717, 1.165) is 24.2 Å². The Labute approximate surface area is 185 Å². The second-order valence-electron chi connectivity index (χ2n) is 7.51. The van der Waals surface area contributed by atoms with Crippen molar-refractivity contribution in [3.8, 4) is 17.2 Å². The number of amides is 2. The zero-order valence-electron chi connectivity index (χ0n) is 18.9. The number of anilines is 1. The lowest BCUT2D eigenvalue weighted by molar-refractivity contribution is 0.145. The summed E-state index contributed by atoms with van der Waals surface area (Å²) >= 11 is 0. The molecule has 0 aliphatic rings. The van der Waals surface area contributed by atoms with Gasteiger partial charge in [-0.2, -0.15) is 0 Å². The van der Waals surface area contributed by atoms with Crippen LogP contribution in [0.2, 0.25) is 0 Å². The van der Waals surface area contributed by atoms with E-state index in [1.54, 1.807) is 32.4 Å². The molecule has 2 aromatic rings. The topological polar surface area (TPSA) is 78.1 Å². The molecule has 7 heteroatoms. The predicted octanol–water partition coefficient (Wildman–Crippen LogP) is 4.86. The molecule has 0 fully saturated rings. The van der Waals surface area contributed by atoms with Crippen molar-refractivity contribution in [1.82, 2.24) is 5.32 Å². The molecule has 0 atom stereocenters. The van der Waals surface area contributed by atoms with Gasteiger partial charge in [0.1, 0.15) is 12.4 Å². The minimum atomic E-state index is -0.317. The Morgan fingerprint density at radius 3 is 2.45 bits per heavy atom. The average Bonchev–Trinajstić information content (AvgIpc) is 2.76. The molecule has 0 bridgehead atoms. The second kappa shape index (κ2) is 13.4. The molecule has 2 amide bonds. The van der Waals surface area contributed by atoms with E-state index < -0.39 is 0 Å². The zero-order chi connectivity index (χ0) is 22.5. The van der Waals surface area contributed by atoms with Gasteiger partial charge in [0.25, 0.3) is 0 Å². The molecule has 2 aromatic carbocycles. The lowest BCUT2D eigenvalue weighted by Crippen LogP contribution is -2.28. The molecule has 0 saturated carbocycles. The van der Waals surface area contributed by atoms with Gasteiger partial charge in [-0.25, -0.2) is 4.79 Å². The summed E-state index contributed by atoms with van der Waals surface area (Å²) in [5.41, 5.74) is 1.51. The fourth-order valence-corrected chi connectivity index (χ4v) is 2.92. The molecule has 0 spiro atoms. The van der Waals surface area contributed by atoms with Crippen LogP contribution < -0.4 is 24.8 Å². The highest BCUT2D eigenvalue weighted by Gasteiger charge is 2.10. The summed E-state index contributed by atoms with van der Waals surface area (Å²) in [4.78, 5) is 12.4. The predicted molar refractivity (Wildman–Crippen MR) is 122 cm³/mol. The largest absolute Gasteiger partial charge is 0.493 e. The van der Waals surface area contributed by atoms with Crippen LogP contribution in [0.4, 0.5) is 10.5 Å². The summed E-state index contributed by atoms with van der Waals surface area (Å²) in [6.45, 7) is 6.27. The van der Waals surface area contributed by atoms with E-state index in [9.17, 15) is 4.79 Å². The van der Waals surface area contributed by atoms with Gasteiger partial charge in [-0.3, -0.25) is 0 Å². The third-order valence-corrected chi connectivity index (χ3v) is 4.56. The zero-order valence-corrected chi connectivity index (χ0v) is 18.9. The molecule has 170 valence electrons. The third-order valence-electron chi connectivity index (χ3n) is 4.56. The molecule has 0 saturated heterocycles. The van der Waals surface area contributed by atoms with Crippen LogP contribution in [-0.4, -0.2) is 40.1 Å². The maximum atomic E-state index is 12.4. The van der Waals surface area contributed by atoms with E-state index >= 15 is 0 Å². The molecule has 0 aliphatic heterocycles. The number of nitrogens with one attached hydrogen (secondary N) is 2. The van der Waals surface area contributed by atoms with E-state index in [4.69, 9.17) is 18.9 Å². The van der Waals surface area contributed by atoms with E-state index in [0.29, 0.717) is 49.5 Å². The molecule has 2 rings (SSSR count). The Bertz CT molecular complexity index is 810. The smallest absolute Gasteiger partial charge is 0.319 e. The van der Waals surface area contributed by atoms with Crippen molar-refractivity contribution in [3.63, 3.8) is 0 Å². The van der Waals surface area contributed by atoms with E-state index in [1.807, 2.05) is 24.3 Å². The van der Waals surface area contributed by atoms with Crippen LogP contribution in [0, 0.1) is 5.92 Å². The molecular weight excluding hydrogens is 396 g/mol. The van der Waals surface area contributed by atoms with Crippen LogP contribution >= 0.6 is 0 Å². The van der Waals surface area contributed by atoms with Crippen LogP contribution in [0.15, 0.2) is 42.5 Å². The number of hydrogen-bond donors (Lipinski definition) is 2. The lowest BCUT2D eigenvalue weighted by Gasteiger charge is -2.14. The first-order valence-corrected chi connectivity index (χ1v) is 10.6. The van der Waals surface area contributed by atoms with Crippen LogP contribution in [0.1, 0.15) is 32.3 Å². The van der Waals surface area contributed by atoms with Crippen molar-refractivity contribution in [3.05, 3.63) is 48.0 Å². The molecule has 31 heavy (non-hydrogen) atoms. The van der Waals surface area contributed by atoms with Gasteiger partial charge in [0, 0.05) is 31.0 Å². The van der Waals surface area contributed by atoms with Gasteiger partial charge < -0.3 is 29.6 Å². The van der Waals surface area contributed by atoms with Crippen molar-refractivity contribution >= 4 is 11.7 Å². The van der Waals surface area contributed by atoms with Gasteiger partial charge in [-0.1, -0.05) is 32.0 Å². The summed E-state index contributed by atoms with van der Waals surface area (Å²) in [5.74, 6) is 2.61. The van der Waals surface area contributed by atoms with Gasteiger partial charge in [0.05, 0.1) is 20.3 Å². The monoisotopic (exact) mass is 430 g/mol. The molecule has 0 aromatic heterocycles. The first-order chi connectivity index (χ1) is 15.0. The first-order valence-electron chi connectivity index (χ1n) is 10.6. The molecule has 0 unspecified atom stereocenters. The number of carbonyl (C=O) groups excluding carboxylic acids is 1. The highest BCUT2D eigenvalue weighted by atomic mass is 16.5. The van der Waals surface area contributed by atoms with Crippen molar-refractivity contribution in [2.75, 3.05) is 39.4 Å². The van der Waals surface area contributed by atoms with Gasteiger partial charge in [0.2, 0.25) is 0 Å². The molecule has 2 N–H and O–H groups in total. The minimum absolute atomic E-state index is 0.317. The van der Waals surface area contributed by atoms with Crippen LogP contribution in [0.3, 0.4) is 0 Å². The molecule has 7 nitrogen and oxygen atoms in total. The normalized spacial score (nSPS) is 10.6. The number of rotatable bonds is 13. The average molecular weight is 431 g/mol. The van der Waals surface area contributed by atoms with E-state index in [-0.39, 0.29) is 6.03 Å². The molecule has 0 aliphatic carbocycles. The maximum Gasteiger partial charge on any atom is 0.319 e. The summed E-state index contributed by atoms with van der Waals surface area (Å²) in [7, 11) is 3.23. The summed E-state index contributed by atoms with van der Waals surface area (Å²) < 4.78 is 22.0. The second-order valence-corrected chi connectivity index (χ2v) is 7.51. The highest BCUT2D eigenvalue weighted by molar-refractivity contribution is 5.89. The Morgan fingerprint density at radius 2 is 1.71 bits per heavy atom. The van der Waals surface area contributed by atoms with Crippen molar-refractivity contribution < 1.29 is 23.7 Å². The molecule has 0 radical (unpaired) electrons. The fourth-order valence-electron chi connectivity index (χ4n) is 2.92. The number of urea groups is 1. The van der Waals surface area contributed by atoms with Crippen LogP contribution in [-0.2, 0) is 11.3 Å². The quantitative estimate of drug-likeness (QED) is 0.444. The van der Waals surface area contributed by atoms with Gasteiger partial charge in [0.15, 0.2) is 11.5 Å². The number of benzene rings is 2. The maximum absolute atomic E-state index is 12.4. The minimum Gasteiger partial charge on any atom is -0.493 e. The van der Waals surface area contributed by atoms with Crippen molar-refractivity contribution in [1.29, 1.82) is 0 Å². The van der Waals surface area contributed by atoms with Crippen molar-refractivity contribution in [2.24, 2.45) is 5.92 Å². The Kier molecular flexibility index (Phi) is 10.5. The first kappa shape index (κ1) is 24.3. The summed E-state index contributed by atoms with van der Waals surface area (Å²) in [6.07, 6.45) is 2.06. The van der Waals surface area contributed by atoms with Crippen LogP contribution in [0.25, 0.3) is 0 Å². The van der Waals surface area contributed by atoms with Crippen molar-refractivity contribution in [2.45, 2.75) is 33.2 Å². The number of hydrogen-bond acceptors (Lipinski definition) is 5. The van der Waals surface area contributed by atoms with Gasteiger partial charge >= 0.3 is 6.03 Å². The summed E-state index contributed by atoms with van der Waals surface area (Å²) in [5, 5.41) is 5.70. The summed E-state index contributed by atoms with van der Waals surface area (Å²) in [6, 6.07) is 12.6. The Balaban J connectivity index is 1.91. The number of methoxy groups -OCH3 is 2. The van der Waals surface area contributed by atoms with Gasteiger partial charge in [-0.05, 0) is 37.0 Å². The number of carbonyl (C=O) groups is 1. The van der Waals surface area contributed by atoms with E-state index in [2.05, 4.69) is 24.5 Å². The number of ether oxygens (including phenoxy) is 4. The third kappa shape index (κ3) is 8.76. The van der Waals surface area contributed by atoms with Crippen LogP contribution in [0.5, 0.6) is 17.2 Å². The fraction of sp³-hybridized carbons (Fsp3) is 0.458. The SMILES string of the molecule is COCCOc1ccccc1CNC(=O)Nc1ccc(OC)c(OCCCC(C)C)c1. The Morgan fingerprint density at radius 1 is 0.935 bits per heavy atom. The number of para-hydroxylation sites is 1. The molecular formula is C24H34N2O5. The standard InChI is InChI=1S/C24H34N2O5/c1-18(2)8-7-13-30-23-16-20(11-12-22(23)29-4)26-24(27)25-17-19-9-5-6-10-21(19)31-15-14-28-3/h5-6,9-12,16,18H,7-8,13-15,17H2,1-4H3,(H2,25,26,27). The lowest BCUT2D eigenvalue weighted by atomic mass is 10.1. The van der Waals surface area contributed by atoms with Gasteiger partial charge in [-0.15, -0.1) is 0 Å².